The third-order valence-electron chi connectivity index (χ3n) is 3.59. The Labute approximate surface area is 113 Å². The number of benzene rings is 1. The summed E-state index contributed by atoms with van der Waals surface area (Å²) in [6.45, 7) is 0. The molecule has 1 aliphatic rings. The molecule has 1 unspecified atom stereocenters. The van der Waals surface area contributed by atoms with Crippen LogP contribution in [0.5, 0.6) is 0 Å². The van der Waals surface area contributed by atoms with Gasteiger partial charge in [0.25, 0.3) is 0 Å². The van der Waals surface area contributed by atoms with Crippen LogP contribution >= 0.6 is 11.6 Å². The minimum absolute atomic E-state index is 0.194. The molecule has 1 nitrogen and oxygen atoms in total. The molecule has 0 heterocycles. The lowest BCUT2D eigenvalue weighted by atomic mass is 9.90. The lowest BCUT2D eigenvalue weighted by Gasteiger charge is -2.23. The predicted octanol–water partition coefficient (Wildman–Crippen LogP) is 4.11. The summed E-state index contributed by atoms with van der Waals surface area (Å²) in [5.41, 5.74) is 2.01. The highest BCUT2D eigenvalue weighted by Crippen LogP contribution is 2.26. The number of hydrogen-bond donors (Lipinski definition) is 1. The van der Waals surface area contributed by atoms with Crippen molar-refractivity contribution in [2.45, 2.75) is 38.1 Å². The van der Waals surface area contributed by atoms with Crippen LogP contribution in [0, 0.1) is 5.82 Å². The maximum atomic E-state index is 13.8. The standard InChI is InChI=1S/C15H19ClFN/c1-18-15(11-6-3-2-4-7-11)10-12-13(16)8-5-9-14(12)17/h5-6,8-9,15,18H,2-4,7,10H2,1H3. The van der Waals surface area contributed by atoms with E-state index in [1.165, 1.54) is 24.5 Å². The van der Waals surface area contributed by atoms with Crippen molar-refractivity contribution >= 4 is 11.6 Å². The Morgan fingerprint density at radius 3 is 2.83 bits per heavy atom. The van der Waals surface area contributed by atoms with Crippen molar-refractivity contribution in [3.8, 4) is 0 Å². The van der Waals surface area contributed by atoms with Crippen LogP contribution in [0.25, 0.3) is 0 Å². The second-order valence-corrected chi connectivity index (χ2v) is 5.18. The van der Waals surface area contributed by atoms with Crippen LogP contribution in [0.1, 0.15) is 31.2 Å². The molecule has 0 fully saturated rings. The lowest BCUT2D eigenvalue weighted by molar-refractivity contribution is 0.547. The third-order valence-corrected chi connectivity index (χ3v) is 3.95. The molecule has 0 amide bonds. The molecule has 0 radical (unpaired) electrons. The summed E-state index contributed by atoms with van der Waals surface area (Å²) in [6, 6.07) is 5.07. The first-order valence-corrected chi connectivity index (χ1v) is 6.89. The molecule has 1 aliphatic carbocycles. The smallest absolute Gasteiger partial charge is 0.127 e. The zero-order valence-corrected chi connectivity index (χ0v) is 11.4. The minimum Gasteiger partial charge on any atom is -0.313 e. The van der Waals surface area contributed by atoms with Crippen LogP contribution in [-0.4, -0.2) is 13.1 Å². The number of rotatable bonds is 4. The Morgan fingerprint density at radius 2 is 2.22 bits per heavy atom. The molecule has 1 atom stereocenters. The van der Waals surface area contributed by atoms with Crippen LogP contribution in [0.15, 0.2) is 29.8 Å². The highest BCUT2D eigenvalue weighted by molar-refractivity contribution is 6.31. The van der Waals surface area contributed by atoms with E-state index in [1.807, 2.05) is 7.05 Å². The van der Waals surface area contributed by atoms with Crippen molar-refractivity contribution in [1.29, 1.82) is 0 Å². The molecule has 98 valence electrons. The largest absolute Gasteiger partial charge is 0.313 e. The zero-order chi connectivity index (χ0) is 13.0. The van der Waals surface area contributed by atoms with Crippen LogP contribution in [-0.2, 0) is 6.42 Å². The molecule has 0 bridgehead atoms. The Bertz CT molecular complexity index is 422. The highest BCUT2D eigenvalue weighted by Gasteiger charge is 2.18. The van der Waals surface area contributed by atoms with Gasteiger partial charge >= 0.3 is 0 Å². The summed E-state index contributed by atoms with van der Waals surface area (Å²) in [5, 5.41) is 3.80. The summed E-state index contributed by atoms with van der Waals surface area (Å²) in [6.07, 6.45) is 7.65. The van der Waals surface area contributed by atoms with E-state index in [0.29, 0.717) is 17.0 Å². The van der Waals surface area contributed by atoms with Crippen LogP contribution in [0.3, 0.4) is 0 Å². The van der Waals surface area contributed by atoms with E-state index in [4.69, 9.17) is 11.6 Å². The van der Waals surface area contributed by atoms with Gasteiger partial charge in [-0.25, -0.2) is 4.39 Å². The van der Waals surface area contributed by atoms with Gasteiger partial charge in [-0.15, -0.1) is 0 Å². The van der Waals surface area contributed by atoms with Gasteiger partial charge in [0.1, 0.15) is 5.82 Å². The van der Waals surface area contributed by atoms with E-state index in [2.05, 4.69) is 11.4 Å². The predicted molar refractivity (Wildman–Crippen MR) is 74.5 cm³/mol. The van der Waals surface area contributed by atoms with Crippen molar-refractivity contribution in [1.82, 2.24) is 5.32 Å². The van der Waals surface area contributed by atoms with Crippen molar-refractivity contribution in [2.75, 3.05) is 7.05 Å². The average molecular weight is 268 g/mol. The summed E-state index contributed by atoms with van der Waals surface area (Å²) in [4.78, 5) is 0. The first-order chi connectivity index (χ1) is 8.72. The third kappa shape index (κ3) is 3.12. The Morgan fingerprint density at radius 1 is 1.39 bits per heavy atom. The number of likely N-dealkylation sites (N-methyl/N-ethyl adjacent to an activating group) is 1. The van der Waals surface area contributed by atoms with Gasteiger partial charge in [0.2, 0.25) is 0 Å². The Balaban J connectivity index is 2.17. The van der Waals surface area contributed by atoms with Gasteiger partial charge in [0, 0.05) is 16.6 Å². The average Bonchev–Trinajstić information content (AvgIpc) is 2.40. The van der Waals surface area contributed by atoms with Crippen LogP contribution in [0.4, 0.5) is 4.39 Å². The molecule has 1 aromatic rings. The van der Waals surface area contributed by atoms with E-state index in [0.717, 1.165) is 12.8 Å². The van der Waals surface area contributed by atoms with Crippen molar-refractivity contribution < 1.29 is 4.39 Å². The van der Waals surface area contributed by atoms with E-state index < -0.39 is 0 Å². The quantitative estimate of drug-likeness (QED) is 0.810. The second kappa shape index (κ2) is 6.35. The zero-order valence-electron chi connectivity index (χ0n) is 10.7. The molecule has 1 N–H and O–H groups in total. The van der Waals surface area contributed by atoms with Crippen molar-refractivity contribution in [3.05, 3.63) is 46.3 Å². The molecule has 2 rings (SSSR count). The van der Waals surface area contributed by atoms with Crippen molar-refractivity contribution in [2.24, 2.45) is 0 Å². The fourth-order valence-corrected chi connectivity index (χ4v) is 2.77. The number of halogens is 2. The molecule has 0 spiro atoms. The summed E-state index contributed by atoms with van der Waals surface area (Å²) in [5.74, 6) is -0.209. The molecule has 3 heteroatoms. The summed E-state index contributed by atoms with van der Waals surface area (Å²) >= 11 is 6.08. The molecule has 1 aromatic carbocycles. The highest BCUT2D eigenvalue weighted by atomic mass is 35.5. The van der Waals surface area contributed by atoms with Gasteiger partial charge in [-0.3, -0.25) is 0 Å². The van der Waals surface area contributed by atoms with Gasteiger partial charge in [-0.2, -0.15) is 0 Å². The second-order valence-electron chi connectivity index (χ2n) is 4.77. The first kappa shape index (κ1) is 13.6. The van der Waals surface area contributed by atoms with Crippen LogP contribution < -0.4 is 5.32 Å². The Hall–Kier alpha value is -0.860. The van der Waals surface area contributed by atoms with E-state index in [9.17, 15) is 4.39 Å². The maximum Gasteiger partial charge on any atom is 0.127 e. The van der Waals surface area contributed by atoms with Gasteiger partial charge in [0.05, 0.1) is 0 Å². The lowest BCUT2D eigenvalue weighted by Crippen LogP contribution is -2.31. The fraction of sp³-hybridized carbons (Fsp3) is 0.467. The summed E-state index contributed by atoms with van der Waals surface area (Å²) in [7, 11) is 1.93. The normalized spacial score (nSPS) is 17.4. The van der Waals surface area contributed by atoms with E-state index in [-0.39, 0.29) is 11.9 Å². The van der Waals surface area contributed by atoms with Gasteiger partial charge in [0.15, 0.2) is 0 Å². The Kier molecular flexibility index (Phi) is 4.79. The number of hydrogen-bond acceptors (Lipinski definition) is 1. The van der Waals surface area contributed by atoms with Gasteiger partial charge in [-0.1, -0.05) is 29.3 Å². The summed E-state index contributed by atoms with van der Waals surface area (Å²) < 4.78 is 13.8. The van der Waals surface area contributed by atoms with Crippen molar-refractivity contribution in [3.63, 3.8) is 0 Å². The topological polar surface area (TPSA) is 12.0 Å². The van der Waals surface area contributed by atoms with E-state index >= 15 is 0 Å². The van der Waals surface area contributed by atoms with Gasteiger partial charge in [-0.05, 0) is 51.3 Å². The SMILES string of the molecule is CNC(Cc1c(F)cccc1Cl)C1=CCCCC1. The maximum absolute atomic E-state index is 13.8. The molecular weight excluding hydrogens is 249 g/mol. The molecule has 0 aromatic heterocycles. The van der Waals surface area contributed by atoms with Gasteiger partial charge < -0.3 is 5.32 Å². The molecule has 18 heavy (non-hydrogen) atoms. The molecule has 0 saturated carbocycles. The molecule has 0 saturated heterocycles. The minimum atomic E-state index is -0.209. The number of allylic oxidation sites excluding steroid dienone is 1. The first-order valence-electron chi connectivity index (χ1n) is 6.51. The monoisotopic (exact) mass is 267 g/mol. The fourth-order valence-electron chi connectivity index (χ4n) is 2.53. The molecular formula is C15H19ClFN. The number of nitrogens with one attached hydrogen (secondary N) is 1. The van der Waals surface area contributed by atoms with Crippen LogP contribution in [0.2, 0.25) is 5.02 Å². The molecule has 0 aliphatic heterocycles. The van der Waals surface area contributed by atoms with E-state index in [1.54, 1.807) is 12.1 Å².